The minimum Gasteiger partial charge on any atom is -0.491 e. The highest BCUT2D eigenvalue weighted by Crippen LogP contribution is 2.40. The van der Waals surface area contributed by atoms with E-state index in [0.717, 1.165) is 38.7 Å². The van der Waals surface area contributed by atoms with Gasteiger partial charge in [0.05, 0.1) is 84.1 Å². The maximum absolute atomic E-state index is 14.0. The number of hydrogen-bond donors (Lipinski definition) is 3. The van der Waals surface area contributed by atoms with Crippen molar-refractivity contribution in [2.75, 3.05) is 62.6 Å². The van der Waals surface area contributed by atoms with Crippen LogP contribution in [0.3, 0.4) is 0 Å². The van der Waals surface area contributed by atoms with Gasteiger partial charge >= 0.3 is 6.18 Å². The van der Waals surface area contributed by atoms with Crippen molar-refractivity contribution in [2.24, 2.45) is 5.41 Å². The molecule has 3 aromatic carbocycles. The van der Waals surface area contributed by atoms with Crippen LogP contribution in [0.2, 0.25) is 0 Å². The van der Waals surface area contributed by atoms with Gasteiger partial charge in [-0.05, 0) is 98.9 Å². The molecule has 0 radical (unpaired) electrons. The van der Waals surface area contributed by atoms with Crippen LogP contribution in [0.4, 0.5) is 24.5 Å². The number of nitrogens with one attached hydrogen (secondary N) is 2. The summed E-state index contributed by atoms with van der Waals surface area (Å²) in [7, 11) is 0. The van der Waals surface area contributed by atoms with Crippen LogP contribution < -0.4 is 25.2 Å². The summed E-state index contributed by atoms with van der Waals surface area (Å²) in [6.07, 6.45) is -5.66. The molecule has 3 heterocycles. The number of benzene rings is 3. The number of nitrogens with zero attached hydrogens (tertiary/aromatic N) is 5. The number of anilines is 2. The predicted octanol–water partition coefficient (Wildman–Crippen LogP) is 6.72. The van der Waals surface area contributed by atoms with E-state index in [9.17, 15) is 42.7 Å². The molecule has 380 valence electrons. The van der Waals surface area contributed by atoms with E-state index in [1.165, 1.54) is 17.0 Å². The predicted molar refractivity (Wildman–Crippen MR) is 264 cm³/mol. The van der Waals surface area contributed by atoms with Crippen molar-refractivity contribution in [2.45, 2.75) is 90.8 Å². The van der Waals surface area contributed by atoms with Crippen molar-refractivity contribution in [3.05, 3.63) is 94.6 Å². The number of aromatic nitrogens is 1. The largest absolute Gasteiger partial charge is 0.491 e. The lowest BCUT2D eigenvalue weighted by Gasteiger charge is -2.35. The molecular weight excluding hydrogens is 964 g/mol. The topological polar surface area (TPSA) is 196 Å². The Hall–Kier alpha value is -6.02. The molecule has 2 fully saturated rings. The van der Waals surface area contributed by atoms with E-state index in [4.69, 9.17) is 31.2 Å². The van der Waals surface area contributed by atoms with Crippen molar-refractivity contribution in [3.8, 4) is 22.3 Å². The van der Waals surface area contributed by atoms with Crippen LogP contribution in [0.25, 0.3) is 10.4 Å². The zero-order valence-electron chi connectivity index (χ0n) is 40.5. The lowest BCUT2D eigenvalue weighted by atomic mass is 9.85. The molecule has 4 atom stereocenters. The van der Waals surface area contributed by atoms with Crippen molar-refractivity contribution in [3.63, 3.8) is 0 Å². The average Bonchev–Trinajstić information content (AvgIpc) is 3.98. The molecule has 6 rings (SSSR count). The fourth-order valence-corrected chi connectivity index (χ4v) is 9.53. The van der Waals surface area contributed by atoms with Crippen LogP contribution in [-0.4, -0.2) is 120 Å². The van der Waals surface area contributed by atoms with Crippen molar-refractivity contribution in [1.29, 1.82) is 5.26 Å². The molecule has 16 nitrogen and oxygen atoms in total. The zero-order valence-corrected chi connectivity index (χ0v) is 42.1. The number of carbonyl (C=O) groups is 4. The molecule has 0 aliphatic carbocycles. The summed E-state index contributed by atoms with van der Waals surface area (Å²) < 4.78 is 63.5. The smallest absolute Gasteiger partial charge is 0.417 e. The molecule has 71 heavy (non-hydrogen) atoms. The molecule has 1 aromatic heterocycles. The van der Waals surface area contributed by atoms with Crippen LogP contribution in [0.5, 0.6) is 5.75 Å². The highest BCUT2D eigenvalue weighted by atomic mass is 32.1. The van der Waals surface area contributed by atoms with Crippen LogP contribution in [0.15, 0.2) is 72.2 Å². The summed E-state index contributed by atoms with van der Waals surface area (Å²) in [6, 6.07) is 16.8. The number of thiocarbonyl (C=S) groups is 1. The van der Waals surface area contributed by atoms with E-state index in [2.05, 4.69) is 15.6 Å². The molecule has 3 N–H and O–H groups in total. The van der Waals surface area contributed by atoms with Gasteiger partial charge in [0.2, 0.25) is 17.7 Å². The van der Waals surface area contributed by atoms with E-state index in [0.29, 0.717) is 11.4 Å². The Bertz CT molecular complexity index is 2600. The summed E-state index contributed by atoms with van der Waals surface area (Å²) >= 11 is 7.16. The Morgan fingerprint density at radius 1 is 0.944 bits per heavy atom. The molecule has 0 bridgehead atoms. The van der Waals surface area contributed by atoms with Crippen molar-refractivity contribution < 1.29 is 56.4 Å². The van der Waals surface area contributed by atoms with E-state index < -0.39 is 70.1 Å². The van der Waals surface area contributed by atoms with Crippen molar-refractivity contribution in [1.82, 2.24) is 20.5 Å². The zero-order chi connectivity index (χ0) is 51.8. The van der Waals surface area contributed by atoms with Gasteiger partial charge in [-0.3, -0.25) is 24.1 Å². The summed E-state index contributed by atoms with van der Waals surface area (Å²) in [5.41, 5.74) is 1.33. The number of hydrogen-bond acceptors (Lipinski definition) is 13. The van der Waals surface area contributed by atoms with E-state index >= 15 is 0 Å². The number of ether oxygens (including phenoxy) is 4. The third-order valence-corrected chi connectivity index (χ3v) is 13.3. The first-order valence-corrected chi connectivity index (χ1v) is 24.2. The number of β-amino-alcohol motifs (C(OH)–C–C–N with tert-alkyl or cyclic N) is 1. The SMILES string of the molecule is Cc1ncsc1-c1ccc(C(C)NC(=O)[C@@H]2C[C@@H](O)CN2C(=O)C(NC(=O)COCCOCCOCCOc2ccc(N3C(=S)N(c4ccc(C#N)c(C(F)(F)F)c4)C(=O)C3(C)C)cc2)C(C)(C)C)cc1. The lowest BCUT2D eigenvalue weighted by molar-refractivity contribution is -0.144. The Morgan fingerprint density at radius 3 is 2.15 bits per heavy atom. The number of aliphatic hydroxyl groups excluding tert-OH is 1. The minimum atomic E-state index is -4.81. The van der Waals surface area contributed by atoms with Gasteiger partial charge in [-0.25, -0.2) is 4.98 Å². The van der Waals surface area contributed by atoms with Gasteiger partial charge < -0.3 is 44.5 Å². The molecule has 0 saturated carbocycles. The highest BCUT2D eigenvalue weighted by Gasteiger charge is 2.51. The number of rotatable bonds is 20. The number of halogens is 3. The van der Waals surface area contributed by atoms with Gasteiger partial charge in [-0.15, -0.1) is 11.3 Å². The summed E-state index contributed by atoms with van der Waals surface area (Å²) in [5.74, 6) is -1.46. The Kier molecular flexibility index (Phi) is 17.6. The second-order valence-corrected chi connectivity index (χ2v) is 19.9. The van der Waals surface area contributed by atoms with Gasteiger partial charge in [0.1, 0.15) is 36.6 Å². The van der Waals surface area contributed by atoms with Gasteiger partial charge in [0.25, 0.3) is 5.91 Å². The summed E-state index contributed by atoms with van der Waals surface area (Å²) in [6.45, 7) is 13.2. The third kappa shape index (κ3) is 13.1. The highest BCUT2D eigenvalue weighted by molar-refractivity contribution is 7.81. The number of aliphatic hydroxyl groups is 1. The number of nitriles is 1. The number of aryl methyl sites for hydroxylation is 1. The second-order valence-electron chi connectivity index (χ2n) is 18.7. The molecule has 2 aliphatic rings. The third-order valence-electron chi connectivity index (χ3n) is 12.0. The average molecular weight is 1020 g/mol. The Labute approximate surface area is 420 Å². The van der Waals surface area contributed by atoms with E-state index in [1.807, 2.05) is 38.1 Å². The quantitative estimate of drug-likeness (QED) is 0.0624. The maximum atomic E-state index is 14.0. The van der Waals surface area contributed by atoms with Gasteiger partial charge in [0.15, 0.2) is 5.11 Å². The maximum Gasteiger partial charge on any atom is 0.417 e. The molecule has 2 saturated heterocycles. The number of thiazole rings is 1. The first-order valence-electron chi connectivity index (χ1n) is 22.9. The minimum absolute atomic E-state index is 0.0250. The first kappa shape index (κ1) is 54.3. The number of carbonyl (C=O) groups excluding carboxylic acids is 4. The van der Waals surface area contributed by atoms with Gasteiger partial charge in [-0.2, -0.15) is 18.4 Å². The normalized spacial score (nSPS) is 17.8. The number of likely N-dealkylation sites (tertiary alicyclic amines) is 1. The lowest BCUT2D eigenvalue weighted by Crippen LogP contribution is -2.58. The second kappa shape index (κ2) is 23.0. The monoisotopic (exact) mass is 1020 g/mol. The molecule has 0 spiro atoms. The molecular formula is C50H58F3N7O9S2. The first-order chi connectivity index (χ1) is 33.5. The van der Waals surface area contributed by atoms with Crippen molar-refractivity contribution >= 4 is 63.7 Å². The van der Waals surface area contributed by atoms with E-state index in [1.54, 1.807) is 80.6 Å². The standard InChI is InChI=1S/C50H58F3N7O9S2/c1-30(32-8-10-33(11-9-32)42-31(2)55-29-71-42)56-44(63)40-25-37(61)27-58(40)45(64)43(48(3,4)5)57-41(62)28-68-21-20-66-18-19-67-22-23-69-38-16-14-35(15-17-38)60-47(70)59(46(65)49(60,6)7)36-13-12-34(26-54)39(24-36)50(51,52)53/h8-17,24,29-30,37,40,43,61H,18-23,25,27-28H2,1-7H3,(H,56,63)(H,57,62)/t30?,37-,40+,43?/m1/s1. The molecule has 2 aliphatic heterocycles. The van der Waals surface area contributed by atoms with Crippen LogP contribution in [0, 0.1) is 23.7 Å². The fourth-order valence-electron chi connectivity index (χ4n) is 8.19. The summed E-state index contributed by atoms with van der Waals surface area (Å²) in [4.78, 5) is 63.5. The molecule has 4 amide bonds. The Balaban J connectivity index is 0.875. The molecule has 21 heteroatoms. The van der Waals surface area contributed by atoms with Crippen LogP contribution in [-0.2, 0) is 39.6 Å². The Morgan fingerprint density at radius 2 is 1.56 bits per heavy atom. The van der Waals surface area contributed by atoms with Gasteiger partial charge in [-0.1, -0.05) is 45.0 Å². The molecule has 4 aromatic rings. The fraction of sp³-hybridized carbons (Fsp3) is 0.460. The van der Waals surface area contributed by atoms with Crippen LogP contribution in [0.1, 0.15) is 76.4 Å². The number of alkyl halides is 3. The molecule has 2 unspecified atom stereocenters. The number of amides is 4. The van der Waals surface area contributed by atoms with E-state index in [-0.39, 0.29) is 76.1 Å². The van der Waals surface area contributed by atoms with Gasteiger partial charge in [0, 0.05) is 18.7 Å². The van der Waals surface area contributed by atoms with Crippen LogP contribution >= 0.6 is 23.6 Å². The summed E-state index contributed by atoms with van der Waals surface area (Å²) in [5, 5.41) is 25.5.